The van der Waals surface area contributed by atoms with E-state index in [0.717, 1.165) is 19.0 Å². The summed E-state index contributed by atoms with van der Waals surface area (Å²) in [6.45, 7) is 1.85. The zero-order valence-corrected chi connectivity index (χ0v) is 12.1. The van der Waals surface area contributed by atoms with E-state index >= 15 is 0 Å². The van der Waals surface area contributed by atoms with Crippen LogP contribution in [0.3, 0.4) is 0 Å². The highest BCUT2D eigenvalue weighted by atomic mass is 16.7. The molecule has 4 N–H and O–H groups in total. The largest absolute Gasteiger partial charge is 0.481 e. The fourth-order valence-corrected chi connectivity index (χ4v) is 1.35. The molecule has 1 aromatic carbocycles. The van der Waals surface area contributed by atoms with Gasteiger partial charge in [0.25, 0.3) is 11.9 Å². The van der Waals surface area contributed by atoms with Crippen molar-refractivity contribution in [1.82, 2.24) is 10.3 Å². The van der Waals surface area contributed by atoms with Crippen LogP contribution in [0.5, 0.6) is 0 Å². The summed E-state index contributed by atoms with van der Waals surface area (Å²) in [4.78, 5) is 25.0. The van der Waals surface area contributed by atoms with E-state index in [-0.39, 0.29) is 5.96 Å². The highest BCUT2D eigenvalue weighted by Gasteiger charge is 2.01. The van der Waals surface area contributed by atoms with Crippen LogP contribution in [-0.2, 0) is 11.3 Å². The van der Waals surface area contributed by atoms with E-state index in [2.05, 4.69) is 4.99 Å². The van der Waals surface area contributed by atoms with E-state index in [1.807, 2.05) is 37.2 Å². The molecule has 0 saturated carbocycles. The van der Waals surface area contributed by atoms with Crippen LogP contribution in [0, 0.1) is 10.1 Å². The molecule has 0 radical (unpaired) electrons. The second-order valence-electron chi connectivity index (χ2n) is 4.29. The first-order valence-electron chi connectivity index (χ1n) is 5.89. The molecule has 0 aromatic heterocycles. The number of aliphatic carboxylic acids is 1. The molecule has 0 heterocycles. The second-order valence-corrected chi connectivity index (χ2v) is 4.29. The number of aliphatic imine (C=N–C) groups is 1. The molecule has 116 valence electrons. The standard InChI is InChI=1S/C10H15N5O2.C2H4O2/c1-14(2)7-8-4-3-5-9(6-8)12-10(11)13-15(16)17;1-2(3)4/h3-6H,7H2,1-2H3,(H3,11,12,13);1H3,(H,3,4). The van der Waals surface area contributed by atoms with Crippen molar-refractivity contribution in [3.8, 4) is 0 Å². The molecule has 0 saturated heterocycles. The summed E-state index contributed by atoms with van der Waals surface area (Å²) in [6.07, 6.45) is 0. The average Bonchev–Trinajstić information content (AvgIpc) is 2.25. The van der Waals surface area contributed by atoms with Gasteiger partial charge in [-0.2, -0.15) is 0 Å². The van der Waals surface area contributed by atoms with Crippen LogP contribution >= 0.6 is 0 Å². The fraction of sp³-hybridized carbons (Fsp3) is 0.333. The van der Waals surface area contributed by atoms with Gasteiger partial charge in [0.15, 0.2) is 5.03 Å². The van der Waals surface area contributed by atoms with Crippen molar-refractivity contribution >= 4 is 17.6 Å². The number of nitrogens with two attached hydrogens (primary N) is 1. The topological polar surface area (TPSA) is 134 Å². The lowest BCUT2D eigenvalue weighted by molar-refractivity contribution is -0.525. The number of carbonyl (C=O) groups is 1. The van der Waals surface area contributed by atoms with Gasteiger partial charge in [-0.05, 0) is 31.8 Å². The second kappa shape index (κ2) is 9.26. The van der Waals surface area contributed by atoms with Gasteiger partial charge in [-0.15, -0.1) is 0 Å². The SMILES string of the molecule is CC(=O)O.CN(C)Cc1cccc(N=C(N)N[N+](=O)[O-])c1. The van der Waals surface area contributed by atoms with E-state index in [1.54, 1.807) is 11.5 Å². The third kappa shape index (κ3) is 10.9. The van der Waals surface area contributed by atoms with Crippen LogP contribution < -0.4 is 11.2 Å². The maximum atomic E-state index is 10.1. The van der Waals surface area contributed by atoms with Crippen LogP contribution in [0.1, 0.15) is 12.5 Å². The Bertz CT molecular complexity index is 512. The number of nitro groups is 1. The third-order valence-electron chi connectivity index (χ3n) is 1.86. The molecule has 21 heavy (non-hydrogen) atoms. The number of hydrogen-bond acceptors (Lipinski definition) is 5. The van der Waals surface area contributed by atoms with Crippen LogP contribution in [-0.4, -0.2) is 41.1 Å². The van der Waals surface area contributed by atoms with Gasteiger partial charge in [-0.3, -0.25) is 4.79 Å². The number of guanidine groups is 1. The number of benzene rings is 1. The maximum absolute atomic E-state index is 10.1. The lowest BCUT2D eigenvalue weighted by Gasteiger charge is -2.09. The Hall–Kier alpha value is -2.68. The molecule has 0 aliphatic heterocycles. The average molecular weight is 297 g/mol. The molecular weight excluding hydrogens is 278 g/mol. The first kappa shape index (κ1) is 18.3. The zero-order valence-electron chi connectivity index (χ0n) is 12.1. The summed E-state index contributed by atoms with van der Waals surface area (Å²) in [7, 11) is 3.91. The van der Waals surface area contributed by atoms with Crippen molar-refractivity contribution in [1.29, 1.82) is 0 Å². The predicted octanol–water partition coefficient (Wildman–Crippen LogP) is 0.567. The number of nitrogens with zero attached hydrogens (tertiary/aromatic N) is 3. The van der Waals surface area contributed by atoms with Crippen LogP contribution in [0.2, 0.25) is 0 Å². The van der Waals surface area contributed by atoms with Gasteiger partial charge in [0.05, 0.1) is 5.69 Å². The Labute approximate surface area is 122 Å². The lowest BCUT2D eigenvalue weighted by Crippen LogP contribution is -2.35. The van der Waals surface area contributed by atoms with E-state index in [0.29, 0.717) is 5.69 Å². The van der Waals surface area contributed by atoms with E-state index in [1.165, 1.54) is 0 Å². The van der Waals surface area contributed by atoms with Crippen molar-refractivity contribution in [3.05, 3.63) is 39.9 Å². The van der Waals surface area contributed by atoms with Gasteiger partial charge in [-0.1, -0.05) is 17.6 Å². The molecule has 1 aromatic rings. The van der Waals surface area contributed by atoms with Crippen molar-refractivity contribution < 1.29 is 14.9 Å². The summed E-state index contributed by atoms with van der Waals surface area (Å²) < 4.78 is 0. The minimum atomic E-state index is -0.833. The molecule has 0 fully saturated rings. The first-order chi connectivity index (χ1) is 9.70. The third-order valence-corrected chi connectivity index (χ3v) is 1.86. The van der Waals surface area contributed by atoms with Gasteiger partial charge >= 0.3 is 0 Å². The Kier molecular flexibility index (Phi) is 8.08. The predicted molar refractivity (Wildman–Crippen MR) is 78.6 cm³/mol. The van der Waals surface area contributed by atoms with Crippen molar-refractivity contribution in [2.75, 3.05) is 14.1 Å². The van der Waals surface area contributed by atoms with E-state index < -0.39 is 11.0 Å². The number of hydrazine groups is 1. The number of carboxylic acid groups (broad SMARTS) is 1. The molecule has 0 bridgehead atoms. The quantitative estimate of drug-likeness (QED) is 0.320. The minimum absolute atomic E-state index is 0.239. The number of rotatable bonds is 4. The molecule has 0 amide bonds. The molecule has 0 aliphatic carbocycles. The Morgan fingerprint density at radius 2 is 2.10 bits per heavy atom. The number of nitrogens with one attached hydrogen (secondary N) is 1. The summed E-state index contributed by atoms with van der Waals surface area (Å²) in [5.74, 6) is -1.07. The molecule has 0 spiro atoms. The van der Waals surface area contributed by atoms with Crippen molar-refractivity contribution in [3.63, 3.8) is 0 Å². The summed E-state index contributed by atoms with van der Waals surface area (Å²) in [5, 5.41) is 16.8. The van der Waals surface area contributed by atoms with Gasteiger partial charge in [0.1, 0.15) is 0 Å². The van der Waals surface area contributed by atoms with Crippen LogP contribution in [0.4, 0.5) is 5.69 Å². The van der Waals surface area contributed by atoms with E-state index in [9.17, 15) is 10.1 Å². The first-order valence-corrected chi connectivity index (χ1v) is 5.89. The smallest absolute Gasteiger partial charge is 0.300 e. The van der Waals surface area contributed by atoms with Crippen molar-refractivity contribution in [2.45, 2.75) is 13.5 Å². The van der Waals surface area contributed by atoms with Crippen LogP contribution in [0.15, 0.2) is 29.3 Å². The monoisotopic (exact) mass is 297 g/mol. The minimum Gasteiger partial charge on any atom is -0.481 e. The van der Waals surface area contributed by atoms with Crippen molar-refractivity contribution in [2.24, 2.45) is 10.7 Å². The molecule has 1 rings (SSSR count). The summed E-state index contributed by atoms with van der Waals surface area (Å²) in [5.41, 5.74) is 8.78. The van der Waals surface area contributed by atoms with Gasteiger partial charge in [0.2, 0.25) is 0 Å². The van der Waals surface area contributed by atoms with E-state index in [4.69, 9.17) is 15.6 Å². The molecule has 9 nitrogen and oxygen atoms in total. The van der Waals surface area contributed by atoms with Gasteiger partial charge in [-0.25, -0.2) is 15.1 Å². The maximum Gasteiger partial charge on any atom is 0.300 e. The lowest BCUT2D eigenvalue weighted by atomic mass is 10.2. The number of carboxylic acids is 1. The summed E-state index contributed by atoms with van der Waals surface area (Å²) in [6, 6.07) is 7.34. The molecule has 0 atom stereocenters. The van der Waals surface area contributed by atoms with Crippen LogP contribution in [0.25, 0.3) is 0 Å². The highest BCUT2D eigenvalue weighted by molar-refractivity contribution is 5.79. The molecule has 9 heteroatoms. The normalized spacial score (nSPS) is 10.6. The highest BCUT2D eigenvalue weighted by Crippen LogP contribution is 2.14. The fourth-order valence-electron chi connectivity index (χ4n) is 1.35. The van der Waals surface area contributed by atoms with Gasteiger partial charge < -0.3 is 15.7 Å². The zero-order chi connectivity index (χ0) is 16.4. The molecule has 0 unspecified atom stereocenters. The Balaban J connectivity index is 0.000000885. The molecular formula is C12H19N5O4. The Morgan fingerprint density at radius 1 is 1.52 bits per heavy atom. The summed E-state index contributed by atoms with van der Waals surface area (Å²) >= 11 is 0. The number of hydrogen-bond donors (Lipinski definition) is 3. The van der Waals surface area contributed by atoms with Gasteiger partial charge in [0, 0.05) is 13.5 Å². The Morgan fingerprint density at radius 3 is 2.57 bits per heavy atom. The molecule has 0 aliphatic rings.